The maximum atomic E-state index is 5.74. The van der Waals surface area contributed by atoms with Crippen molar-refractivity contribution in [2.24, 2.45) is 5.10 Å². The number of hydrogen-bond donors (Lipinski definition) is 2. The molecule has 0 saturated heterocycles. The Kier molecular flexibility index (Phi) is 5.62. The molecule has 0 aliphatic heterocycles. The van der Waals surface area contributed by atoms with Crippen LogP contribution < -0.4 is 20.6 Å². The topological polar surface area (TPSA) is 81.8 Å². The zero-order valence-corrected chi connectivity index (χ0v) is 14.9. The van der Waals surface area contributed by atoms with E-state index in [1.165, 1.54) is 11.3 Å². The van der Waals surface area contributed by atoms with Crippen molar-refractivity contribution >= 4 is 44.4 Å². The number of rotatable bonds is 6. The molecule has 8 heteroatoms. The van der Waals surface area contributed by atoms with Gasteiger partial charge < -0.3 is 15.2 Å². The summed E-state index contributed by atoms with van der Waals surface area (Å²) in [5.74, 6) is 1.79. The van der Waals surface area contributed by atoms with Gasteiger partial charge in [-0.05, 0) is 47.5 Å². The fraction of sp³-hybridized carbons (Fsp3) is 0.286. The summed E-state index contributed by atoms with van der Waals surface area (Å²) in [4.78, 5) is 4.06. The summed E-state index contributed by atoms with van der Waals surface area (Å²) in [6, 6.07) is 3.76. The minimum absolute atomic E-state index is 0.0572. The Morgan fingerprint density at radius 1 is 1.45 bits per heavy atom. The normalized spacial score (nSPS) is 11.1. The molecule has 0 aliphatic carbocycles. The first-order chi connectivity index (χ1) is 10.5. The van der Waals surface area contributed by atoms with Crippen molar-refractivity contribution in [1.82, 2.24) is 4.98 Å². The number of anilines is 2. The molecule has 0 saturated carbocycles. The maximum absolute atomic E-state index is 5.74. The Morgan fingerprint density at radius 2 is 2.23 bits per heavy atom. The summed E-state index contributed by atoms with van der Waals surface area (Å²) in [5.41, 5.74) is 9.23. The lowest BCUT2D eigenvalue weighted by molar-refractivity contribution is 0.228. The van der Waals surface area contributed by atoms with Crippen LogP contribution in [0.2, 0.25) is 0 Å². The number of hydrazone groups is 1. The minimum atomic E-state index is 0.0572. The molecule has 0 fully saturated rings. The van der Waals surface area contributed by atoms with Crippen LogP contribution in [0, 0.1) is 0 Å². The highest BCUT2D eigenvalue weighted by Crippen LogP contribution is 2.37. The van der Waals surface area contributed by atoms with Crippen LogP contribution in [-0.2, 0) is 0 Å². The van der Waals surface area contributed by atoms with Gasteiger partial charge in [-0.15, -0.1) is 11.3 Å². The van der Waals surface area contributed by atoms with Crippen molar-refractivity contribution in [3.63, 3.8) is 0 Å². The predicted octanol–water partition coefficient (Wildman–Crippen LogP) is 3.73. The summed E-state index contributed by atoms with van der Waals surface area (Å²) >= 11 is 4.88. The van der Waals surface area contributed by atoms with E-state index in [4.69, 9.17) is 15.2 Å². The largest absolute Gasteiger partial charge is 0.493 e. The van der Waals surface area contributed by atoms with E-state index >= 15 is 0 Å². The molecule has 0 spiro atoms. The molecule has 1 aromatic heterocycles. The van der Waals surface area contributed by atoms with E-state index in [-0.39, 0.29) is 6.10 Å². The highest BCUT2D eigenvalue weighted by molar-refractivity contribution is 9.10. The number of thiazole rings is 1. The number of benzene rings is 1. The van der Waals surface area contributed by atoms with E-state index in [0.717, 1.165) is 10.0 Å². The number of halogens is 1. The van der Waals surface area contributed by atoms with Crippen molar-refractivity contribution in [3.8, 4) is 11.5 Å². The molecule has 1 aromatic carbocycles. The number of nitrogens with zero attached hydrogens (tertiary/aromatic N) is 2. The molecule has 0 amide bonds. The quantitative estimate of drug-likeness (QED) is 0.585. The molecule has 0 aliphatic rings. The predicted molar refractivity (Wildman–Crippen MR) is 94.2 cm³/mol. The third-order valence-corrected chi connectivity index (χ3v) is 3.86. The molecule has 2 aromatic rings. The van der Waals surface area contributed by atoms with E-state index in [1.54, 1.807) is 18.7 Å². The highest BCUT2D eigenvalue weighted by Gasteiger charge is 2.12. The average Bonchev–Trinajstić information content (AvgIpc) is 2.86. The molecular formula is C14H17BrN4O2S. The van der Waals surface area contributed by atoms with Gasteiger partial charge in [0.2, 0.25) is 5.13 Å². The summed E-state index contributed by atoms with van der Waals surface area (Å²) in [6.45, 7) is 3.93. The first-order valence-corrected chi connectivity index (χ1v) is 8.21. The Labute approximate surface area is 141 Å². The third kappa shape index (κ3) is 4.35. The fourth-order valence-corrected chi connectivity index (χ4v) is 2.77. The van der Waals surface area contributed by atoms with Crippen LogP contribution in [0.15, 0.2) is 27.1 Å². The first kappa shape index (κ1) is 16.6. The van der Waals surface area contributed by atoms with Crippen LogP contribution in [0.1, 0.15) is 19.4 Å². The zero-order chi connectivity index (χ0) is 16.1. The summed E-state index contributed by atoms with van der Waals surface area (Å²) in [5, 5.41) is 6.52. The number of hydrogen-bond acceptors (Lipinski definition) is 7. The monoisotopic (exact) mass is 384 g/mol. The second-order valence-corrected chi connectivity index (χ2v) is 6.36. The first-order valence-electron chi connectivity index (χ1n) is 6.54. The SMILES string of the molecule is COc1cc(C=NNc2nc(N)cs2)cc(Br)c1OC(C)C. The minimum Gasteiger partial charge on any atom is -0.493 e. The van der Waals surface area contributed by atoms with Crippen molar-refractivity contribution in [2.75, 3.05) is 18.3 Å². The number of nitrogens with two attached hydrogens (primary N) is 1. The molecule has 3 N–H and O–H groups in total. The molecular weight excluding hydrogens is 368 g/mol. The Bertz CT molecular complexity index is 673. The van der Waals surface area contributed by atoms with Crippen molar-refractivity contribution in [2.45, 2.75) is 20.0 Å². The van der Waals surface area contributed by atoms with Gasteiger partial charge in [0, 0.05) is 5.38 Å². The molecule has 0 radical (unpaired) electrons. The van der Waals surface area contributed by atoms with Crippen LogP contribution in [0.3, 0.4) is 0 Å². The zero-order valence-electron chi connectivity index (χ0n) is 12.5. The van der Waals surface area contributed by atoms with Gasteiger partial charge >= 0.3 is 0 Å². The van der Waals surface area contributed by atoms with Gasteiger partial charge in [0.05, 0.1) is 23.9 Å². The second kappa shape index (κ2) is 7.46. The van der Waals surface area contributed by atoms with E-state index < -0.39 is 0 Å². The van der Waals surface area contributed by atoms with Crippen LogP contribution in [-0.4, -0.2) is 24.4 Å². The lowest BCUT2D eigenvalue weighted by Crippen LogP contribution is -2.07. The van der Waals surface area contributed by atoms with Crippen LogP contribution >= 0.6 is 27.3 Å². The highest BCUT2D eigenvalue weighted by atomic mass is 79.9. The second-order valence-electron chi connectivity index (χ2n) is 4.65. The van der Waals surface area contributed by atoms with Gasteiger partial charge in [-0.2, -0.15) is 5.10 Å². The molecule has 0 unspecified atom stereocenters. The van der Waals surface area contributed by atoms with Crippen LogP contribution in [0.25, 0.3) is 0 Å². The van der Waals surface area contributed by atoms with Crippen molar-refractivity contribution in [3.05, 3.63) is 27.5 Å². The standard InChI is InChI=1S/C14H17BrN4O2S/c1-8(2)21-13-10(15)4-9(5-11(13)20-3)6-17-19-14-18-12(16)7-22-14/h4-8H,16H2,1-3H3,(H,18,19). The van der Waals surface area contributed by atoms with Crippen molar-refractivity contribution in [1.29, 1.82) is 0 Å². The lowest BCUT2D eigenvalue weighted by Gasteiger charge is -2.15. The van der Waals surface area contributed by atoms with E-state index in [1.807, 2.05) is 26.0 Å². The Balaban J connectivity index is 2.16. The number of nitrogen functional groups attached to an aromatic ring is 1. The van der Waals surface area contributed by atoms with Gasteiger partial charge in [-0.3, -0.25) is 5.43 Å². The van der Waals surface area contributed by atoms with Gasteiger partial charge in [-0.1, -0.05) is 0 Å². The molecule has 6 nitrogen and oxygen atoms in total. The summed E-state index contributed by atoms with van der Waals surface area (Å²) in [7, 11) is 1.60. The maximum Gasteiger partial charge on any atom is 0.205 e. The molecule has 22 heavy (non-hydrogen) atoms. The van der Waals surface area contributed by atoms with Gasteiger partial charge in [-0.25, -0.2) is 4.98 Å². The molecule has 0 bridgehead atoms. The van der Waals surface area contributed by atoms with Gasteiger partial charge in [0.25, 0.3) is 0 Å². The average molecular weight is 385 g/mol. The molecule has 2 rings (SSSR count). The molecule has 118 valence electrons. The summed E-state index contributed by atoms with van der Waals surface area (Å²) < 4.78 is 11.9. The Morgan fingerprint density at radius 3 is 2.82 bits per heavy atom. The fourth-order valence-electron chi connectivity index (χ4n) is 1.66. The van der Waals surface area contributed by atoms with E-state index in [0.29, 0.717) is 22.4 Å². The van der Waals surface area contributed by atoms with Crippen LogP contribution in [0.4, 0.5) is 10.9 Å². The van der Waals surface area contributed by atoms with Crippen molar-refractivity contribution < 1.29 is 9.47 Å². The van der Waals surface area contributed by atoms with E-state index in [9.17, 15) is 0 Å². The Hall–Kier alpha value is -1.80. The number of methoxy groups -OCH3 is 1. The number of ether oxygens (including phenoxy) is 2. The number of nitrogens with one attached hydrogen (secondary N) is 1. The molecule has 0 atom stereocenters. The van der Waals surface area contributed by atoms with Gasteiger partial charge in [0.1, 0.15) is 5.82 Å². The lowest BCUT2D eigenvalue weighted by atomic mass is 10.2. The smallest absolute Gasteiger partial charge is 0.205 e. The van der Waals surface area contributed by atoms with Gasteiger partial charge in [0.15, 0.2) is 11.5 Å². The molecule has 1 heterocycles. The van der Waals surface area contributed by atoms with Crippen LogP contribution in [0.5, 0.6) is 11.5 Å². The number of aromatic nitrogens is 1. The van der Waals surface area contributed by atoms with E-state index in [2.05, 4.69) is 31.4 Å². The summed E-state index contributed by atoms with van der Waals surface area (Å²) in [6.07, 6.45) is 1.73. The third-order valence-electron chi connectivity index (χ3n) is 2.50.